The Morgan fingerprint density at radius 3 is 2.00 bits per heavy atom. The number of hydrogen-bond donors (Lipinski definition) is 0. The summed E-state index contributed by atoms with van der Waals surface area (Å²) in [5, 5.41) is 0. The first-order valence-electron chi connectivity index (χ1n) is 8.20. The van der Waals surface area contributed by atoms with Crippen molar-refractivity contribution in [3.63, 3.8) is 0 Å². The van der Waals surface area contributed by atoms with E-state index in [0.717, 1.165) is 12.2 Å². The van der Waals surface area contributed by atoms with Gasteiger partial charge in [-0.15, -0.1) is 0 Å². The van der Waals surface area contributed by atoms with Crippen LogP contribution in [0.4, 0.5) is 0 Å². The summed E-state index contributed by atoms with van der Waals surface area (Å²) in [5.41, 5.74) is 0.129. The zero-order valence-corrected chi connectivity index (χ0v) is 15.3. The summed E-state index contributed by atoms with van der Waals surface area (Å²) in [5.74, 6) is -2.80. The second-order valence-corrected chi connectivity index (χ2v) is 4.98. The van der Waals surface area contributed by atoms with Gasteiger partial charge in [-0.1, -0.05) is 25.3 Å². The molecule has 8 nitrogen and oxygen atoms in total. The van der Waals surface area contributed by atoms with Gasteiger partial charge in [0.15, 0.2) is 0 Å². The number of carbonyl (C=O) groups excluding carboxylic acids is 4. The lowest BCUT2D eigenvalue weighted by Crippen LogP contribution is -2.20. The predicted octanol–water partition coefficient (Wildman–Crippen LogP) is 2.00. The van der Waals surface area contributed by atoms with Gasteiger partial charge in [0.25, 0.3) is 0 Å². The monoisotopic (exact) mass is 388 g/mol. The van der Waals surface area contributed by atoms with Gasteiger partial charge >= 0.3 is 23.9 Å². The van der Waals surface area contributed by atoms with Crippen molar-refractivity contribution in [2.75, 3.05) is 19.8 Å². The highest BCUT2D eigenvalue weighted by Crippen LogP contribution is 2.16. The van der Waals surface area contributed by atoms with E-state index in [1.54, 1.807) is 6.92 Å². The Morgan fingerprint density at radius 2 is 1.43 bits per heavy atom. The Kier molecular flexibility index (Phi) is 9.46. The fraction of sp³-hybridized carbons (Fsp3) is 0.200. The summed E-state index contributed by atoms with van der Waals surface area (Å²) < 4.78 is 19.4. The van der Waals surface area contributed by atoms with Crippen LogP contribution in [-0.4, -0.2) is 43.7 Å². The van der Waals surface area contributed by atoms with Gasteiger partial charge in [-0.2, -0.15) is 0 Å². The Labute approximate surface area is 162 Å². The fourth-order valence-electron chi connectivity index (χ4n) is 1.78. The van der Waals surface area contributed by atoms with E-state index < -0.39 is 23.9 Å². The molecular formula is C20H20O8. The standard InChI is InChI=1S/C20H20O8/c1-4-17(21)26-11-12-27-20(24)16(19(23)25-6-3)13-14-7-9-15(10-8-14)28-18(22)5-2/h4-5,7-10,13H,1-2,6,11-12H2,3H3. The predicted molar refractivity (Wildman–Crippen MR) is 99.0 cm³/mol. The summed E-state index contributed by atoms with van der Waals surface area (Å²) in [6.07, 6.45) is 3.27. The summed E-state index contributed by atoms with van der Waals surface area (Å²) in [6, 6.07) is 6.03. The minimum atomic E-state index is -0.935. The molecule has 0 spiro atoms. The zero-order chi connectivity index (χ0) is 20.9. The molecular weight excluding hydrogens is 368 g/mol. The van der Waals surface area contributed by atoms with E-state index in [0.29, 0.717) is 5.56 Å². The number of benzene rings is 1. The molecule has 0 saturated heterocycles. The maximum Gasteiger partial charge on any atom is 0.345 e. The largest absolute Gasteiger partial charge is 0.462 e. The van der Waals surface area contributed by atoms with E-state index in [9.17, 15) is 19.2 Å². The first-order valence-corrected chi connectivity index (χ1v) is 8.20. The van der Waals surface area contributed by atoms with E-state index in [4.69, 9.17) is 14.2 Å². The van der Waals surface area contributed by atoms with Gasteiger partial charge in [-0.25, -0.2) is 19.2 Å². The third kappa shape index (κ3) is 7.69. The molecule has 0 aromatic heterocycles. The van der Waals surface area contributed by atoms with Crippen LogP contribution in [0.5, 0.6) is 5.75 Å². The Bertz CT molecular complexity index is 774. The van der Waals surface area contributed by atoms with Crippen LogP contribution < -0.4 is 4.74 Å². The molecule has 0 aliphatic carbocycles. The lowest BCUT2D eigenvalue weighted by atomic mass is 10.1. The topological polar surface area (TPSA) is 105 Å². The van der Waals surface area contributed by atoms with Crippen LogP contribution in [0.15, 0.2) is 55.1 Å². The lowest BCUT2D eigenvalue weighted by Gasteiger charge is -2.08. The summed E-state index contributed by atoms with van der Waals surface area (Å²) >= 11 is 0. The highest BCUT2D eigenvalue weighted by Gasteiger charge is 2.21. The maximum atomic E-state index is 12.2. The van der Waals surface area contributed by atoms with E-state index in [2.05, 4.69) is 17.9 Å². The molecule has 0 heterocycles. The summed E-state index contributed by atoms with van der Waals surface area (Å²) in [6.45, 7) is 7.76. The van der Waals surface area contributed by atoms with Gasteiger partial charge in [-0.3, -0.25) is 0 Å². The van der Waals surface area contributed by atoms with Crippen molar-refractivity contribution in [2.24, 2.45) is 0 Å². The second-order valence-electron chi connectivity index (χ2n) is 4.98. The molecule has 0 unspecified atom stereocenters. The summed E-state index contributed by atoms with van der Waals surface area (Å²) in [7, 11) is 0. The number of ether oxygens (including phenoxy) is 4. The molecule has 148 valence electrons. The van der Waals surface area contributed by atoms with Crippen molar-refractivity contribution >= 4 is 30.0 Å². The van der Waals surface area contributed by atoms with Gasteiger partial charge in [0, 0.05) is 12.2 Å². The Morgan fingerprint density at radius 1 is 0.857 bits per heavy atom. The van der Waals surface area contributed by atoms with E-state index in [1.807, 2.05) is 0 Å². The number of rotatable bonds is 10. The van der Waals surface area contributed by atoms with Crippen LogP contribution in [0, 0.1) is 0 Å². The van der Waals surface area contributed by atoms with Gasteiger partial charge in [0.1, 0.15) is 24.5 Å². The third-order valence-electron chi connectivity index (χ3n) is 3.02. The van der Waals surface area contributed by atoms with Crippen LogP contribution in [0.2, 0.25) is 0 Å². The molecule has 1 aromatic carbocycles. The summed E-state index contributed by atoms with van der Waals surface area (Å²) in [4.78, 5) is 46.4. The Balaban J connectivity index is 2.87. The van der Waals surface area contributed by atoms with Crippen LogP contribution in [0.3, 0.4) is 0 Å². The van der Waals surface area contributed by atoms with E-state index in [-0.39, 0.29) is 31.1 Å². The van der Waals surface area contributed by atoms with Gasteiger partial charge in [-0.05, 0) is 30.7 Å². The molecule has 0 bridgehead atoms. The van der Waals surface area contributed by atoms with E-state index in [1.165, 1.54) is 30.3 Å². The first-order chi connectivity index (χ1) is 13.4. The maximum absolute atomic E-state index is 12.2. The van der Waals surface area contributed by atoms with Gasteiger partial charge in [0.2, 0.25) is 0 Å². The minimum absolute atomic E-state index is 0.0663. The SMILES string of the molecule is C=CC(=O)OCCOC(=O)C(=Cc1ccc(OC(=O)C=C)cc1)C(=O)OCC. The minimum Gasteiger partial charge on any atom is -0.462 e. The van der Waals surface area contributed by atoms with E-state index >= 15 is 0 Å². The van der Waals surface area contributed by atoms with Crippen molar-refractivity contribution in [3.8, 4) is 5.75 Å². The number of esters is 4. The number of carbonyl (C=O) groups is 4. The van der Waals surface area contributed by atoms with Crippen LogP contribution in [0.1, 0.15) is 12.5 Å². The quantitative estimate of drug-likeness (QED) is 0.114. The molecule has 0 amide bonds. The lowest BCUT2D eigenvalue weighted by molar-refractivity contribution is -0.150. The van der Waals surface area contributed by atoms with Crippen molar-refractivity contribution in [1.82, 2.24) is 0 Å². The molecule has 0 fully saturated rings. The van der Waals surface area contributed by atoms with Crippen molar-refractivity contribution in [3.05, 3.63) is 60.7 Å². The van der Waals surface area contributed by atoms with Crippen LogP contribution in [-0.2, 0) is 33.4 Å². The average molecular weight is 388 g/mol. The molecule has 0 atom stereocenters. The van der Waals surface area contributed by atoms with Crippen molar-refractivity contribution in [1.29, 1.82) is 0 Å². The molecule has 0 N–H and O–H groups in total. The molecule has 0 aliphatic heterocycles. The van der Waals surface area contributed by atoms with Crippen LogP contribution >= 0.6 is 0 Å². The highest BCUT2D eigenvalue weighted by molar-refractivity contribution is 6.17. The number of hydrogen-bond acceptors (Lipinski definition) is 8. The van der Waals surface area contributed by atoms with Crippen molar-refractivity contribution in [2.45, 2.75) is 6.92 Å². The molecule has 0 saturated carbocycles. The molecule has 8 heteroatoms. The zero-order valence-electron chi connectivity index (χ0n) is 15.3. The fourth-order valence-corrected chi connectivity index (χ4v) is 1.78. The first kappa shape index (κ1) is 22.4. The molecule has 1 rings (SSSR count). The molecule has 28 heavy (non-hydrogen) atoms. The molecule has 1 aromatic rings. The van der Waals surface area contributed by atoms with Crippen LogP contribution in [0.25, 0.3) is 6.08 Å². The van der Waals surface area contributed by atoms with Crippen molar-refractivity contribution < 1.29 is 38.1 Å². The molecule has 0 radical (unpaired) electrons. The third-order valence-corrected chi connectivity index (χ3v) is 3.02. The Hall–Kier alpha value is -3.68. The second kappa shape index (κ2) is 11.8. The normalized spacial score (nSPS) is 10.4. The smallest absolute Gasteiger partial charge is 0.345 e. The highest BCUT2D eigenvalue weighted by atomic mass is 16.6. The van der Waals surface area contributed by atoms with Gasteiger partial charge in [0.05, 0.1) is 6.61 Å². The van der Waals surface area contributed by atoms with Gasteiger partial charge < -0.3 is 18.9 Å². The average Bonchev–Trinajstić information content (AvgIpc) is 2.70. The molecule has 0 aliphatic rings.